The molecule has 1 amide bonds. The van der Waals surface area contributed by atoms with E-state index in [1.807, 2.05) is 62.4 Å². The number of amides is 1. The maximum absolute atomic E-state index is 12.7. The molecule has 0 bridgehead atoms. The number of carbonyl (C=O) groups excluding carboxylic acids is 1. The quantitative estimate of drug-likeness (QED) is 0.662. The van der Waals surface area contributed by atoms with Crippen molar-refractivity contribution < 1.29 is 4.79 Å². The second-order valence-electron chi connectivity index (χ2n) is 4.58. The van der Waals surface area contributed by atoms with E-state index in [9.17, 15) is 4.79 Å². The van der Waals surface area contributed by atoms with E-state index in [4.69, 9.17) is 5.84 Å². The summed E-state index contributed by atoms with van der Waals surface area (Å²) < 4.78 is 0. The number of nitrogen functional groups attached to an aromatic ring is 1. The van der Waals surface area contributed by atoms with Crippen molar-refractivity contribution in [2.75, 3.05) is 16.9 Å². The van der Waals surface area contributed by atoms with Gasteiger partial charge in [0.25, 0.3) is 5.91 Å². The molecule has 2 aromatic carbocycles. The summed E-state index contributed by atoms with van der Waals surface area (Å²) in [6.45, 7) is 4.51. The van der Waals surface area contributed by atoms with Crippen LogP contribution in [0.5, 0.6) is 0 Å². The van der Waals surface area contributed by atoms with Crippen molar-refractivity contribution in [3.63, 3.8) is 0 Å². The Kier molecular flexibility index (Phi) is 4.38. The lowest BCUT2D eigenvalue weighted by atomic mass is 10.1. The molecule has 0 aromatic heterocycles. The van der Waals surface area contributed by atoms with Crippen LogP contribution >= 0.6 is 0 Å². The highest BCUT2D eigenvalue weighted by molar-refractivity contribution is 6.09. The second-order valence-corrected chi connectivity index (χ2v) is 4.58. The molecule has 0 spiro atoms. The van der Waals surface area contributed by atoms with Gasteiger partial charge in [-0.2, -0.15) is 0 Å². The van der Waals surface area contributed by atoms with Crippen LogP contribution in [0, 0.1) is 6.92 Å². The zero-order chi connectivity index (χ0) is 14.5. The first-order valence-electron chi connectivity index (χ1n) is 6.61. The highest BCUT2D eigenvalue weighted by atomic mass is 16.2. The van der Waals surface area contributed by atoms with Crippen molar-refractivity contribution in [3.8, 4) is 0 Å². The minimum atomic E-state index is -0.0599. The topological polar surface area (TPSA) is 58.4 Å². The smallest absolute Gasteiger partial charge is 0.260 e. The lowest BCUT2D eigenvalue weighted by Gasteiger charge is -2.22. The summed E-state index contributed by atoms with van der Waals surface area (Å²) in [4.78, 5) is 14.5. The van der Waals surface area contributed by atoms with Gasteiger partial charge < -0.3 is 10.3 Å². The molecule has 4 nitrogen and oxygen atoms in total. The molecule has 0 aliphatic rings. The number of hydrogen-bond acceptors (Lipinski definition) is 3. The fourth-order valence-corrected chi connectivity index (χ4v) is 2.16. The summed E-state index contributed by atoms with van der Waals surface area (Å²) in [5.74, 6) is 5.44. The Morgan fingerprint density at radius 1 is 1.20 bits per heavy atom. The van der Waals surface area contributed by atoms with Crippen molar-refractivity contribution in [3.05, 3.63) is 59.7 Å². The van der Waals surface area contributed by atoms with E-state index in [-0.39, 0.29) is 5.91 Å². The van der Waals surface area contributed by atoms with Gasteiger partial charge in [-0.1, -0.05) is 29.8 Å². The average Bonchev–Trinajstić information content (AvgIpc) is 2.49. The van der Waals surface area contributed by atoms with Gasteiger partial charge in [0.15, 0.2) is 0 Å². The van der Waals surface area contributed by atoms with E-state index in [2.05, 4.69) is 5.43 Å². The first-order chi connectivity index (χ1) is 9.67. The lowest BCUT2D eigenvalue weighted by molar-refractivity contribution is 0.0989. The maximum atomic E-state index is 12.7. The first kappa shape index (κ1) is 14.1. The van der Waals surface area contributed by atoms with Crippen LogP contribution in [0.4, 0.5) is 11.4 Å². The Hall–Kier alpha value is -2.33. The molecule has 20 heavy (non-hydrogen) atoms. The predicted molar refractivity (Wildman–Crippen MR) is 82.8 cm³/mol. The first-order valence-corrected chi connectivity index (χ1v) is 6.61. The van der Waals surface area contributed by atoms with Crippen molar-refractivity contribution >= 4 is 17.3 Å². The Labute approximate surface area is 119 Å². The molecule has 4 heteroatoms. The molecule has 3 N–H and O–H groups in total. The maximum Gasteiger partial charge on any atom is 0.260 e. The molecule has 0 aliphatic carbocycles. The zero-order valence-electron chi connectivity index (χ0n) is 11.8. The van der Waals surface area contributed by atoms with Crippen LogP contribution in [0.2, 0.25) is 0 Å². The van der Waals surface area contributed by atoms with Gasteiger partial charge in [-0.05, 0) is 38.1 Å². The molecule has 2 aromatic rings. The van der Waals surface area contributed by atoms with Gasteiger partial charge in [0.1, 0.15) is 0 Å². The number of benzene rings is 2. The number of para-hydroxylation sites is 1. The van der Waals surface area contributed by atoms with Crippen LogP contribution in [-0.2, 0) is 0 Å². The van der Waals surface area contributed by atoms with Gasteiger partial charge >= 0.3 is 0 Å². The van der Waals surface area contributed by atoms with Crippen LogP contribution in [0.3, 0.4) is 0 Å². The van der Waals surface area contributed by atoms with Crippen LogP contribution in [-0.4, -0.2) is 12.5 Å². The Morgan fingerprint density at radius 3 is 2.50 bits per heavy atom. The minimum absolute atomic E-state index is 0.0599. The zero-order valence-corrected chi connectivity index (χ0v) is 11.8. The number of hydrogen-bond donors (Lipinski definition) is 2. The molecular formula is C16H19N3O. The van der Waals surface area contributed by atoms with Gasteiger partial charge in [0.2, 0.25) is 0 Å². The minimum Gasteiger partial charge on any atom is -0.323 e. The SMILES string of the molecule is CCN(C(=O)c1cc(C)ccc1NN)c1ccccc1. The molecule has 104 valence electrons. The third kappa shape index (κ3) is 2.81. The molecular weight excluding hydrogens is 250 g/mol. The summed E-state index contributed by atoms with van der Waals surface area (Å²) in [7, 11) is 0. The van der Waals surface area contributed by atoms with Gasteiger partial charge in [-0.3, -0.25) is 10.6 Å². The van der Waals surface area contributed by atoms with E-state index in [1.54, 1.807) is 4.90 Å². The summed E-state index contributed by atoms with van der Waals surface area (Å²) in [6.07, 6.45) is 0. The van der Waals surface area contributed by atoms with Crippen LogP contribution in [0.25, 0.3) is 0 Å². The lowest BCUT2D eigenvalue weighted by Crippen LogP contribution is -2.31. The number of carbonyl (C=O) groups is 1. The van der Waals surface area contributed by atoms with Gasteiger partial charge in [0.05, 0.1) is 11.3 Å². The monoisotopic (exact) mass is 269 g/mol. The summed E-state index contributed by atoms with van der Waals surface area (Å²) in [5, 5.41) is 0. The summed E-state index contributed by atoms with van der Waals surface area (Å²) in [6, 6.07) is 15.2. The number of aryl methyl sites for hydroxylation is 1. The number of nitrogens with zero attached hydrogens (tertiary/aromatic N) is 1. The number of nitrogens with two attached hydrogens (primary N) is 1. The number of nitrogens with one attached hydrogen (secondary N) is 1. The Bertz CT molecular complexity index is 596. The predicted octanol–water partition coefficient (Wildman–Crippen LogP) is 2.95. The molecule has 0 aliphatic heterocycles. The van der Waals surface area contributed by atoms with Crippen LogP contribution < -0.4 is 16.2 Å². The standard InChI is InChI=1S/C16H19N3O/c1-3-19(13-7-5-4-6-8-13)16(20)14-11-12(2)9-10-15(14)18-17/h4-11,18H,3,17H2,1-2H3. The number of anilines is 2. The highest BCUT2D eigenvalue weighted by Crippen LogP contribution is 2.22. The highest BCUT2D eigenvalue weighted by Gasteiger charge is 2.19. The second kappa shape index (κ2) is 6.21. The fraction of sp³-hybridized carbons (Fsp3) is 0.188. The largest absolute Gasteiger partial charge is 0.323 e. The molecule has 0 saturated carbocycles. The fourth-order valence-electron chi connectivity index (χ4n) is 2.16. The molecule has 0 atom stereocenters. The van der Waals surface area contributed by atoms with E-state index < -0.39 is 0 Å². The molecule has 0 unspecified atom stereocenters. The summed E-state index contributed by atoms with van der Waals surface area (Å²) >= 11 is 0. The molecule has 0 fully saturated rings. The molecule has 0 heterocycles. The van der Waals surface area contributed by atoms with Crippen molar-refractivity contribution in [1.82, 2.24) is 0 Å². The average molecular weight is 269 g/mol. The van der Waals surface area contributed by atoms with E-state index >= 15 is 0 Å². The normalized spacial score (nSPS) is 10.2. The van der Waals surface area contributed by atoms with Crippen LogP contribution in [0.15, 0.2) is 48.5 Å². The van der Waals surface area contributed by atoms with Gasteiger partial charge in [0, 0.05) is 12.2 Å². The third-order valence-electron chi connectivity index (χ3n) is 3.19. The molecule has 0 radical (unpaired) electrons. The molecule has 0 saturated heterocycles. The van der Waals surface area contributed by atoms with Crippen molar-refractivity contribution in [2.24, 2.45) is 5.84 Å². The Morgan fingerprint density at radius 2 is 1.90 bits per heavy atom. The van der Waals surface area contributed by atoms with E-state index in [1.165, 1.54) is 0 Å². The van der Waals surface area contributed by atoms with Gasteiger partial charge in [-0.15, -0.1) is 0 Å². The number of rotatable bonds is 4. The summed E-state index contributed by atoms with van der Waals surface area (Å²) in [5.41, 5.74) is 5.71. The Balaban J connectivity index is 2.41. The van der Waals surface area contributed by atoms with Crippen molar-refractivity contribution in [1.29, 1.82) is 0 Å². The molecule has 2 rings (SSSR count). The van der Waals surface area contributed by atoms with E-state index in [0.717, 1.165) is 11.3 Å². The van der Waals surface area contributed by atoms with Crippen LogP contribution in [0.1, 0.15) is 22.8 Å². The van der Waals surface area contributed by atoms with E-state index in [0.29, 0.717) is 17.8 Å². The van der Waals surface area contributed by atoms with Crippen molar-refractivity contribution in [2.45, 2.75) is 13.8 Å². The van der Waals surface area contributed by atoms with Gasteiger partial charge in [-0.25, -0.2) is 0 Å². The third-order valence-corrected chi connectivity index (χ3v) is 3.19. The number of hydrazine groups is 1.